The molecule has 0 aliphatic carbocycles. The fourth-order valence-electron chi connectivity index (χ4n) is 1.79. The number of rotatable bonds is 5. The number of nitrogens with one attached hydrogen (secondary N) is 1. The monoisotopic (exact) mass is 285 g/mol. The highest BCUT2D eigenvalue weighted by Gasteiger charge is 2.11. The second kappa shape index (κ2) is 6.74. The van der Waals surface area contributed by atoms with E-state index in [0.717, 1.165) is 12.0 Å². The zero-order valence-electron chi connectivity index (χ0n) is 12.2. The van der Waals surface area contributed by atoms with E-state index in [1.54, 1.807) is 12.1 Å². The van der Waals surface area contributed by atoms with Crippen LogP contribution in [0, 0.1) is 6.92 Å². The number of pyridine rings is 1. The van der Waals surface area contributed by atoms with Gasteiger partial charge in [0.1, 0.15) is 11.4 Å². The summed E-state index contributed by atoms with van der Waals surface area (Å²) in [6.07, 6.45) is 2.36. The number of aryl methyl sites for hydroxylation is 1. The zero-order valence-corrected chi connectivity index (χ0v) is 12.2. The topological polar surface area (TPSA) is 77.2 Å². The summed E-state index contributed by atoms with van der Waals surface area (Å²) in [6.45, 7) is 4.62. The SMILES string of the molecule is CCCOc1cc(C)ccc1NC(=O)c1ccc(N)cn1. The van der Waals surface area contributed by atoms with E-state index in [0.29, 0.717) is 29.4 Å². The Balaban J connectivity index is 2.18. The highest BCUT2D eigenvalue weighted by atomic mass is 16.5. The number of hydrogen-bond acceptors (Lipinski definition) is 4. The molecule has 2 rings (SSSR count). The number of carbonyl (C=O) groups excluding carboxylic acids is 1. The van der Waals surface area contributed by atoms with Gasteiger partial charge < -0.3 is 15.8 Å². The summed E-state index contributed by atoms with van der Waals surface area (Å²) in [5, 5.41) is 2.82. The molecule has 1 heterocycles. The van der Waals surface area contributed by atoms with Gasteiger partial charge in [0.05, 0.1) is 24.2 Å². The molecule has 0 saturated carbocycles. The van der Waals surface area contributed by atoms with Crippen LogP contribution in [-0.4, -0.2) is 17.5 Å². The van der Waals surface area contributed by atoms with Crippen molar-refractivity contribution in [2.75, 3.05) is 17.7 Å². The van der Waals surface area contributed by atoms with Crippen LogP contribution in [0.1, 0.15) is 29.4 Å². The van der Waals surface area contributed by atoms with Crippen molar-refractivity contribution in [1.29, 1.82) is 0 Å². The molecular formula is C16H19N3O2. The highest BCUT2D eigenvalue weighted by molar-refractivity contribution is 6.03. The Bertz CT molecular complexity index is 624. The fourth-order valence-corrected chi connectivity index (χ4v) is 1.79. The van der Waals surface area contributed by atoms with Crippen molar-refractivity contribution in [3.63, 3.8) is 0 Å². The number of nitrogen functional groups attached to an aromatic ring is 1. The summed E-state index contributed by atoms with van der Waals surface area (Å²) >= 11 is 0. The molecule has 0 fully saturated rings. The average Bonchev–Trinajstić information content (AvgIpc) is 2.48. The molecule has 0 bridgehead atoms. The van der Waals surface area contributed by atoms with Crippen LogP contribution >= 0.6 is 0 Å². The van der Waals surface area contributed by atoms with Gasteiger partial charge in [-0.2, -0.15) is 0 Å². The van der Waals surface area contributed by atoms with Crippen LogP contribution in [0.15, 0.2) is 36.5 Å². The normalized spacial score (nSPS) is 10.2. The number of ether oxygens (including phenoxy) is 1. The van der Waals surface area contributed by atoms with E-state index in [1.165, 1.54) is 6.20 Å². The molecule has 5 heteroatoms. The quantitative estimate of drug-likeness (QED) is 0.885. The van der Waals surface area contributed by atoms with Gasteiger partial charge in [-0.25, -0.2) is 4.98 Å². The summed E-state index contributed by atoms with van der Waals surface area (Å²) < 4.78 is 5.67. The summed E-state index contributed by atoms with van der Waals surface area (Å²) in [4.78, 5) is 16.2. The van der Waals surface area contributed by atoms with Crippen molar-refractivity contribution in [2.45, 2.75) is 20.3 Å². The van der Waals surface area contributed by atoms with Crippen molar-refractivity contribution in [1.82, 2.24) is 4.98 Å². The molecule has 110 valence electrons. The van der Waals surface area contributed by atoms with Gasteiger partial charge in [0.2, 0.25) is 0 Å². The Morgan fingerprint density at radius 2 is 2.14 bits per heavy atom. The molecule has 5 nitrogen and oxygen atoms in total. The van der Waals surface area contributed by atoms with Gasteiger partial charge in [-0.3, -0.25) is 4.79 Å². The standard InChI is InChI=1S/C16H19N3O2/c1-3-8-21-15-9-11(2)4-6-13(15)19-16(20)14-7-5-12(17)10-18-14/h4-7,9-10H,3,8,17H2,1-2H3,(H,19,20). The molecular weight excluding hydrogens is 266 g/mol. The van der Waals surface area contributed by atoms with Crippen LogP contribution in [0.5, 0.6) is 5.75 Å². The molecule has 1 amide bonds. The molecule has 0 aliphatic rings. The highest BCUT2D eigenvalue weighted by Crippen LogP contribution is 2.26. The maximum Gasteiger partial charge on any atom is 0.274 e. The van der Waals surface area contributed by atoms with E-state index in [1.807, 2.05) is 32.0 Å². The lowest BCUT2D eigenvalue weighted by Gasteiger charge is -2.12. The lowest BCUT2D eigenvalue weighted by molar-refractivity contribution is 0.102. The number of nitrogens with zero attached hydrogens (tertiary/aromatic N) is 1. The predicted octanol–water partition coefficient (Wildman–Crippen LogP) is 3.01. The van der Waals surface area contributed by atoms with E-state index >= 15 is 0 Å². The molecule has 1 aromatic carbocycles. The Morgan fingerprint density at radius 1 is 1.33 bits per heavy atom. The molecule has 0 spiro atoms. The first-order valence-corrected chi connectivity index (χ1v) is 6.86. The van der Waals surface area contributed by atoms with Crippen LogP contribution in [0.3, 0.4) is 0 Å². The Kier molecular flexibility index (Phi) is 4.77. The smallest absolute Gasteiger partial charge is 0.274 e. The second-order valence-electron chi connectivity index (χ2n) is 4.78. The lowest BCUT2D eigenvalue weighted by Crippen LogP contribution is -2.14. The minimum absolute atomic E-state index is 0.291. The molecule has 0 radical (unpaired) electrons. The van der Waals surface area contributed by atoms with E-state index < -0.39 is 0 Å². The lowest BCUT2D eigenvalue weighted by atomic mass is 10.2. The third-order valence-corrected chi connectivity index (χ3v) is 2.87. The van der Waals surface area contributed by atoms with Gasteiger partial charge in [0.25, 0.3) is 5.91 Å². The van der Waals surface area contributed by atoms with Crippen LogP contribution in [0.25, 0.3) is 0 Å². The summed E-state index contributed by atoms with van der Waals surface area (Å²) in [7, 11) is 0. The first-order valence-electron chi connectivity index (χ1n) is 6.86. The Morgan fingerprint density at radius 3 is 2.81 bits per heavy atom. The number of aromatic nitrogens is 1. The van der Waals surface area contributed by atoms with Crippen molar-refractivity contribution in [2.24, 2.45) is 0 Å². The minimum Gasteiger partial charge on any atom is -0.491 e. The molecule has 1 aromatic heterocycles. The van der Waals surface area contributed by atoms with Gasteiger partial charge in [0.15, 0.2) is 0 Å². The number of benzene rings is 1. The summed E-state index contributed by atoms with van der Waals surface area (Å²) in [6, 6.07) is 8.89. The largest absolute Gasteiger partial charge is 0.491 e. The van der Waals surface area contributed by atoms with Gasteiger partial charge in [0, 0.05) is 0 Å². The number of nitrogens with two attached hydrogens (primary N) is 1. The van der Waals surface area contributed by atoms with Gasteiger partial charge >= 0.3 is 0 Å². The summed E-state index contributed by atoms with van der Waals surface area (Å²) in [5.41, 5.74) is 8.10. The molecule has 21 heavy (non-hydrogen) atoms. The molecule has 2 aromatic rings. The van der Waals surface area contributed by atoms with Crippen molar-refractivity contribution < 1.29 is 9.53 Å². The Hall–Kier alpha value is -2.56. The third kappa shape index (κ3) is 3.95. The Labute approximate surface area is 124 Å². The van der Waals surface area contributed by atoms with E-state index in [2.05, 4.69) is 10.3 Å². The zero-order chi connectivity index (χ0) is 15.2. The molecule has 0 aliphatic heterocycles. The number of anilines is 2. The summed E-state index contributed by atoms with van der Waals surface area (Å²) in [5.74, 6) is 0.376. The van der Waals surface area contributed by atoms with Gasteiger partial charge in [-0.05, 0) is 43.2 Å². The number of amides is 1. The van der Waals surface area contributed by atoms with Crippen molar-refractivity contribution in [3.05, 3.63) is 47.8 Å². The first kappa shape index (κ1) is 14.8. The van der Waals surface area contributed by atoms with Gasteiger partial charge in [-0.15, -0.1) is 0 Å². The minimum atomic E-state index is -0.291. The second-order valence-corrected chi connectivity index (χ2v) is 4.78. The van der Waals surface area contributed by atoms with Crippen molar-refractivity contribution >= 4 is 17.3 Å². The van der Waals surface area contributed by atoms with Gasteiger partial charge in [-0.1, -0.05) is 13.0 Å². The van der Waals surface area contributed by atoms with E-state index in [4.69, 9.17) is 10.5 Å². The average molecular weight is 285 g/mol. The van der Waals surface area contributed by atoms with Crippen LogP contribution in [-0.2, 0) is 0 Å². The maximum absolute atomic E-state index is 12.2. The fraction of sp³-hybridized carbons (Fsp3) is 0.250. The number of carbonyl (C=O) groups is 1. The maximum atomic E-state index is 12.2. The molecule has 0 unspecified atom stereocenters. The van der Waals surface area contributed by atoms with E-state index in [-0.39, 0.29) is 5.91 Å². The molecule has 0 saturated heterocycles. The first-order chi connectivity index (χ1) is 10.1. The van der Waals surface area contributed by atoms with Crippen LogP contribution in [0.2, 0.25) is 0 Å². The van der Waals surface area contributed by atoms with Crippen LogP contribution < -0.4 is 15.8 Å². The molecule has 0 atom stereocenters. The van der Waals surface area contributed by atoms with Crippen LogP contribution in [0.4, 0.5) is 11.4 Å². The molecule has 3 N–H and O–H groups in total. The predicted molar refractivity (Wildman–Crippen MR) is 83.6 cm³/mol. The van der Waals surface area contributed by atoms with Crippen molar-refractivity contribution in [3.8, 4) is 5.75 Å². The number of hydrogen-bond donors (Lipinski definition) is 2. The third-order valence-electron chi connectivity index (χ3n) is 2.87. The van der Waals surface area contributed by atoms with E-state index in [9.17, 15) is 4.79 Å².